The number of rotatable bonds is 3. The van der Waals surface area contributed by atoms with E-state index in [-0.39, 0.29) is 10.9 Å². The molecule has 0 saturated heterocycles. The van der Waals surface area contributed by atoms with E-state index >= 15 is 0 Å². The molecule has 5 nitrogen and oxygen atoms in total. The molecule has 0 aliphatic heterocycles. The predicted molar refractivity (Wildman–Crippen MR) is 87.9 cm³/mol. The second-order valence-electron chi connectivity index (χ2n) is 4.58. The zero-order chi connectivity index (χ0) is 15.5. The Kier molecular flexibility index (Phi) is 3.76. The first kappa shape index (κ1) is 14.1. The van der Waals surface area contributed by atoms with Crippen molar-refractivity contribution < 1.29 is 14.7 Å². The van der Waals surface area contributed by atoms with Crippen LogP contribution in [0.1, 0.15) is 9.67 Å². The normalized spacial score (nSPS) is 10.4. The molecular weight excluding hydrogens is 300 g/mol. The average molecular weight is 312 g/mol. The van der Waals surface area contributed by atoms with E-state index in [1.54, 1.807) is 30.3 Å². The number of carbonyl (C=O) groups excluding carboxylic acids is 1. The van der Waals surface area contributed by atoms with Gasteiger partial charge in [0.2, 0.25) is 0 Å². The van der Waals surface area contributed by atoms with Crippen LogP contribution in [-0.2, 0) is 0 Å². The van der Waals surface area contributed by atoms with Crippen LogP contribution in [0.4, 0.5) is 16.2 Å². The molecule has 22 heavy (non-hydrogen) atoms. The van der Waals surface area contributed by atoms with Crippen LogP contribution in [0, 0.1) is 0 Å². The first-order valence-corrected chi connectivity index (χ1v) is 7.34. The zero-order valence-electron chi connectivity index (χ0n) is 11.4. The van der Waals surface area contributed by atoms with Crippen molar-refractivity contribution in [1.29, 1.82) is 0 Å². The number of aromatic carboxylic acids is 1. The molecule has 0 saturated carbocycles. The molecule has 0 atom stereocenters. The van der Waals surface area contributed by atoms with Crippen LogP contribution >= 0.6 is 11.3 Å². The number of anilines is 2. The standard InChI is InChI=1S/C16H12N2O3S/c19-15(20)13-9-10-5-4-8-12(14(10)22-13)18-16(21)17-11-6-2-1-3-7-11/h1-9H,(H,19,20)(H2,17,18,21). The van der Waals surface area contributed by atoms with Gasteiger partial charge in [-0.3, -0.25) is 0 Å². The van der Waals surface area contributed by atoms with Crippen molar-refractivity contribution in [2.45, 2.75) is 0 Å². The molecule has 3 aromatic rings. The highest BCUT2D eigenvalue weighted by Gasteiger charge is 2.12. The molecule has 0 aliphatic carbocycles. The van der Waals surface area contributed by atoms with E-state index in [1.807, 2.05) is 24.3 Å². The summed E-state index contributed by atoms with van der Waals surface area (Å²) >= 11 is 1.14. The van der Waals surface area contributed by atoms with Gasteiger partial charge >= 0.3 is 12.0 Å². The maximum Gasteiger partial charge on any atom is 0.345 e. The van der Waals surface area contributed by atoms with Gasteiger partial charge in [0, 0.05) is 5.69 Å². The fourth-order valence-corrected chi connectivity index (χ4v) is 3.04. The Morgan fingerprint density at radius 2 is 1.73 bits per heavy atom. The summed E-state index contributed by atoms with van der Waals surface area (Å²) in [6.07, 6.45) is 0. The van der Waals surface area contributed by atoms with Crippen LogP contribution in [0.3, 0.4) is 0 Å². The number of hydrogen-bond donors (Lipinski definition) is 3. The van der Waals surface area contributed by atoms with Crippen molar-refractivity contribution in [1.82, 2.24) is 0 Å². The topological polar surface area (TPSA) is 78.4 Å². The van der Waals surface area contributed by atoms with Crippen LogP contribution in [-0.4, -0.2) is 17.1 Å². The summed E-state index contributed by atoms with van der Waals surface area (Å²) in [4.78, 5) is 23.3. The average Bonchev–Trinajstić information content (AvgIpc) is 2.93. The number of para-hydroxylation sites is 1. The fourth-order valence-electron chi connectivity index (χ4n) is 2.07. The summed E-state index contributed by atoms with van der Waals surface area (Å²) < 4.78 is 0.739. The van der Waals surface area contributed by atoms with Gasteiger partial charge in [0.25, 0.3) is 0 Å². The first-order chi connectivity index (χ1) is 10.6. The van der Waals surface area contributed by atoms with E-state index in [2.05, 4.69) is 10.6 Å². The molecule has 3 rings (SSSR count). The lowest BCUT2D eigenvalue weighted by Crippen LogP contribution is -2.19. The maximum atomic E-state index is 12.0. The zero-order valence-corrected chi connectivity index (χ0v) is 12.2. The molecule has 0 fully saturated rings. The van der Waals surface area contributed by atoms with Crippen molar-refractivity contribution in [3.63, 3.8) is 0 Å². The smallest absolute Gasteiger partial charge is 0.345 e. The van der Waals surface area contributed by atoms with Crippen molar-refractivity contribution in [3.05, 3.63) is 59.5 Å². The summed E-state index contributed by atoms with van der Waals surface area (Å²) in [5.41, 5.74) is 1.27. The van der Waals surface area contributed by atoms with E-state index in [9.17, 15) is 9.59 Å². The fraction of sp³-hybridized carbons (Fsp3) is 0. The molecule has 3 N–H and O–H groups in total. The first-order valence-electron chi connectivity index (χ1n) is 6.52. The monoisotopic (exact) mass is 312 g/mol. The Hall–Kier alpha value is -2.86. The second-order valence-corrected chi connectivity index (χ2v) is 5.64. The molecule has 6 heteroatoms. The van der Waals surface area contributed by atoms with Crippen LogP contribution < -0.4 is 10.6 Å². The van der Waals surface area contributed by atoms with Gasteiger partial charge in [-0.15, -0.1) is 11.3 Å². The van der Waals surface area contributed by atoms with Crippen LogP contribution in [0.25, 0.3) is 10.1 Å². The third-order valence-corrected chi connectivity index (χ3v) is 4.21. The number of benzene rings is 2. The molecule has 1 aromatic heterocycles. The quantitative estimate of drug-likeness (QED) is 0.676. The third kappa shape index (κ3) is 2.91. The number of amides is 2. The molecular formula is C16H12N2O3S. The van der Waals surface area contributed by atoms with Gasteiger partial charge in [-0.1, -0.05) is 30.3 Å². The minimum Gasteiger partial charge on any atom is -0.477 e. The minimum atomic E-state index is -0.971. The van der Waals surface area contributed by atoms with Crippen molar-refractivity contribution in [2.75, 3.05) is 10.6 Å². The summed E-state index contributed by atoms with van der Waals surface area (Å²) in [7, 11) is 0. The van der Waals surface area contributed by atoms with Gasteiger partial charge in [-0.2, -0.15) is 0 Å². The highest BCUT2D eigenvalue weighted by Crippen LogP contribution is 2.32. The molecule has 0 aliphatic rings. The third-order valence-electron chi connectivity index (χ3n) is 3.03. The number of urea groups is 1. The predicted octanol–water partition coefficient (Wildman–Crippen LogP) is 4.24. The Labute approximate surface area is 130 Å². The number of fused-ring (bicyclic) bond motifs is 1. The van der Waals surface area contributed by atoms with E-state index < -0.39 is 5.97 Å². The number of nitrogens with one attached hydrogen (secondary N) is 2. The molecule has 110 valence electrons. The van der Waals surface area contributed by atoms with Gasteiger partial charge in [-0.05, 0) is 29.7 Å². The Morgan fingerprint density at radius 1 is 0.955 bits per heavy atom. The number of carboxylic acids is 1. The second kappa shape index (κ2) is 5.87. The largest absolute Gasteiger partial charge is 0.477 e. The van der Waals surface area contributed by atoms with Crippen LogP contribution in [0.15, 0.2) is 54.6 Å². The lowest BCUT2D eigenvalue weighted by molar-refractivity contribution is 0.0702. The van der Waals surface area contributed by atoms with Gasteiger partial charge in [-0.25, -0.2) is 9.59 Å². The summed E-state index contributed by atoms with van der Waals surface area (Å²) in [6.45, 7) is 0. The summed E-state index contributed by atoms with van der Waals surface area (Å²) in [5, 5.41) is 15.3. The Balaban J connectivity index is 1.84. The number of carboxylic acid groups (broad SMARTS) is 1. The van der Waals surface area contributed by atoms with E-state index in [0.717, 1.165) is 21.4 Å². The molecule has 0 unspecified atom stereocenters. The van der Waals surface area contributed by atoms with Crippen LogP contribution in [0.2, 0.25) is 0 Å². The molecule has 0 spiro atoms. The van der Waals surface area contributed by atoms with Gasteiger partial charge in [0.05, 0.1) is 10.4 Å². The maximum absolute atomic E-state index is 12.0. The number of hydrogen-bond acceptors (Lipinski definition) is 3. The minimum absolute atomic E-state index is 0.243. The van der Waals surface area contributed by atoms with E-state index in [0.29, 0.717) is 11.4 Å². The van der Waals surface area contributed by atoms with Gasteiger partial charge in [0.1, 0.15) is 4.88 Å². The molecule has 2 aromatic carbocycles. The van der Waals surface area contributed by atoms with E-state index in [1.165, 1.54) is 0 Å². The number of carbonyl (C=O) groups is 2. The van der Waals surface area contributed by atoms with Crippen molar-refractivity contribution in [3.8, 4) is 0 Å². The highest BCUT2D eigenvalue weighted by molar-refractivity contribution is 7.21. The Bertz CT molecular complexity index is 843. The SMILES string of the molecule is O=C(Nc1ccccc1)Nc1cccc2cc(C(=O)O)sc12. The summed E-state index contributed by atoms with van der Waals surface area (Å²) in [5.74, 6) is -0.971. The van der Waals surface area contributed by atoms with E-state index in [4.69, 9.17) is 5.11 Å². The molecule has 2 amide bonds. The van der Waals surface area contributed by atoms with Gasteiger partial charge < -0.3 is 15.7 Å². The lowest BCUT2D eigenvalue weighted by Gasteiger charge is -2.08. The molecule has 0 bridgehead atoms. The van der Waals surface area contributed by atoms with Crippen LogP contribution in [0.5, 0.6) is 0 Å². The van der Waals surface area contributed by atoms with Gasteiger partial charge in [0.15, 0.2) is 0 Å². The van der Waals surface area contributed by atoms with Crippen molar-refractivity contribution >= 4 is 44.8 Å². The molecule has 1 heterocycles. The highest BCUT2D eigenvalue weighted by atomic mass is 32.1. The summed E-state index contributed by atoms with van der Waals surface area (Å²) in [6, 6.07) is 15.7. The van der Waals surface area contributed by atoms with Crippen molar-refractivity contribution in [2.24, 2.45) is 0 Å². The Morgan fingerprint density at radius 3 is 2.45 bits per heavy atom. The lowest BCUT2D eigenvalue weighted by atomic mass is 10.2. The molecule has 0 radical (unpaired) electrons. The number of thiophene rings is 1.